The summed E-state index contributed by atoms with van der Waals surface area (Å²) in [7, 11) is 0. The highest BCUT2D eigenvalue weighted by Gasteiger charge is 2.19. The number of rotatable bonds is 4. The molecule has 0 fully saturated rings. The van der Waals surface area contributed by atoms with Gasteiger partial charge in [-0.3, -0.25) is 0 Å². The molecule has 11 rings (SSSR count). The summed E-state index contributed by atoms with van der Waals surface area (Å²) in [6, 6.07) is 55.0. The van der Waals surface area contributed by atoms with Crippen LogP contribution in [0.2, 0.25) is 0 Å². The predicted octanol–water partition coefficient (Wildman–Crippen LogP) is 12.2. The van der Waals surface area contributed by atoms with E-state index in [-0.39, 0.29) is 0 Å². The van der Waals surface area contributed by atoms with Crippen molar-refractivity contribution >= 4 is 75.3 Å². The Bertz CT molecular complexity index is 3150. The van der Waals surface area contributed by atoms with Crippen LogP contribution in [-0.2, 0) is 0 Å². The maximum atomic E-state index is 6.30. The third-order valence-corrected chi connectivity index (χ3v) is 11.0. The molecule has 0 aliphatic carbocycles. The van der Waals surface area contributed by atoms with Crippen LogP contribution in [0.15, 0.2) is 162 Å². The van der Waals surface area contributed by atoms with Gasteiger partial charge >= 0.3 is 0 Å². The molecule has 0 unspecified atom stereocenters. The molecule has 6 heteroatoms. The van der Waals surface area contributed by atoms with Crippen molar-refractivity contribution in [2.75, 3.05) is 0 Å². The van der Waals surface area contributed by atoms with Gasteiger partial charge in [0.2, 0.25) is 0 Å². The molecule has 0 saturated carbocycles. The molecule has 4 aromatic heterocycles. The smallest absolute Gasteiger partial charge is 0.164 e. The van der Waals surface area contributed by atoms with Crippen molar-refractivity contribution in [2.24, 2.45) is 0 Å². The molecule has 0 radical (unpaired) electrons. The number of fused-ring (bicyclic) bond motifs is 9. The zero-order valence-electron chi connectivity index (χ0n) is 27.1. The van der Waals surface area contributed by atoms with Gasteiger partial charge in [0, 0.05) is 64.1 Å². The van der Waals surface area contributed by atoms with Gasteiger partial charge in [-0.25, -0.2) is 15.0 Å². The summed E-state index contributed by atoms with van der Waals surface area (Å²) < 4.78 is 11.1. The van der Waals surface area contributed by atoms with E-state index in [0.717, 1.165) is 60.7 Å². The van der Waals surface area contributed by atoms with Crippen LogP contribution < -0.4 is 0 Å². The lowest BCUT2D eigenvalue weighted by Gasteiger charge is -2.11. The molecule has 0 aliphatic rings. The first-order valence-corrected chi connectivity index (χ1v) is 17.8. The topological polar surface area (TPSA) is 56.7 Å². The van der Waals surface area contributed by atoms with Gasteiger partial charge in [-0.05, 0) is 54.6 Å². The standard InChI is InChI=1S/C45H26N4OS/c1-2-11-29(12-3-1)49-36-17-7-4-13-30(36)31-23-21-27(25-37(31)49)43-46-44(28-22-24-33-32-14-5-8-18-38(32)50-39(33)26-28)48-45(47-43)35-16-10-20-41-42(35)34-15-6-9-19-40(34)51-41/h1-26H. The maximum Gasteiger partial charge on any atom is 0.164 e. The summed E-state index contributed by atoms with van der Waals surface area (Å²) in [5.74, 6) is 1.85. The Morgan fingerprint density at radius 3 is 1.92 bits per heavy atom. The van der Waals surface area contributed by atoms with E-state index in [0.29, 0.717) is 17.5 Å². The molecule has 0 bridgehead atoms. The molecule has 7 aromatic carbocycles. The van der Waals surface area contributed by atoms with E-state index < -0.39 is 0 Å². The molecule has 0 spiro atoms. The fourth-order valence-corrected chi connectivity index (χ4v) is 8.68. The number of aromatic nitrogens is 4. The average Bonchev–Trinajstić information content (AvgIpc) is 3.87. The van der Waals surface area contributed by atoms with Gasteiger partial charge < -0.3 is 8.98 Å². The van der Waals surface area contributed by atoms with Crippen molar-refractivity contribution in [3.8, 4) is 39.9 Å². The first-order chi connectivity index (χ1) is 25.3. The zero-order valence-corrected chi connectivity index (χ0v) is 27.9. The van der Waals surface area contributed by atoms with E-state index in [2.05, 4.69) is 144 Å². The molecular weight excluding hydrogens is 645 g/mol. The normalized spacial score (nSPS) is 11.9. The summed E-state index contributed by atoms with van der Waals surface area (Å²) in [5, 5.41) is 6.90. The third kappa shape index (κ3) is 4.37. The van der Waals surface area contributed by atoms with Crippen molar-refractivity contribution in [1.82, 2.24) is 19.5 Å². The summed E-state index contributed by atoms with van der Waals surface area (Å²) in [6.07, 6.45) is 0. The molecule has 0 atom stereocenters. The molecule has 4 heterocycles. The van der Waals surface area contributed by atoms with E-state index in [1.54, 1.807) is 11.3 Å². The van der Waals surface area contributed by atoms with Crippen LogP contribution in [0.25, 0.3) is 104 Å². The lowest BCUT2D eigenvalue weighted by molar-refractivity contribution is 0.669. The molecule has 0 aliphatic heterocycles. The number of benzene rings is 7. The number of thiophene rings is 1. The van der Waals surface area contributed by atoms with Gasteiger partial charge in [0.15, 0.2) is 17.5 Å². The summed E-state index contributed by atoms with van der Waals surface area (Å²) in [4.78, 5) is 15.6. The molecule has 238 valence electrons. The molecule has 5 nitrogen and oxygen atoms in total. The molecule has 51 heavy (non-hydrogen) atoms. The van der Waals surface area contributed by atoms with Crippen LogP contribution >= 0.6 is 11.3 Å². The lowest BCUT2D eigenvalue weighted by atomic mass is 10.0. The minimum absolute atomic E-state index is 0.595. The van der Waals surface area contributed by atoms with Gasteiger partial charge in [0.1, 0.15) is 11.2 Å². The largest absolute Gasteiger partial charge is 0.456 e. The van der Waals surface area contributed by atoms with Crippen LogP contribution in [0.4, 0.5) is 0 Å². The Balaban J connectivity index is 1.18. The predicted molar refractivity (Wildman–Crippen MR) is 211 cm³/mol. The second-order valence-corrected chi connectivity index (χ2v) is 13.9. The molecular formula is C45H26N4OS. The van der Waals surface area contributed by atoms with Gasteiger partial charge in [-0.2, -0.15) is 0 Å². The van der Waals surface area contributed by atoms with E-state index in [1.807, 2.05) is 18.2 Å². The van der Waals surface area contributed by atoms with E-state index >= 15 is 0 Å². The highest BCUT2D eigenvalue weighted by molar-refractivity contribution is 7.25. The van der Waals surface area contributed by atoms with Crippen LogP contribution in [0, 0.1) is 0 Å². The van der Waals surface area contributed by atoms with Crippen LogP contribution in [0.3, 0.4) is 0 Å². The van der Waals surface area contributed by atoms with Gasteiger partial charge in [-0.15, -0.1) is 11.3 Å². The Labute approximate surface area is 295 Å². The second-order valence-electron chi connectivity index (χ2n) is 12.8. The molecule has 0 amide bonds. The van der Waals surface area contributed by atoms with E-state index in [4.69, 9.17) is 19.4 Å². The van der Waals surface area contributed by atoms with Crippen molar-refractivity contribution in [3.05, 3.63) is 158 Å². The number of hydrogen-bond donors (Lipinski definition) is 0. The highest BCUT2D eigenvalue weighted by Crippen LogP contribution is 2.41. The number of para-hydroxylation sites is 3. The lowest BCUT2D eigenvalue weighted by Crippen LogP contribution is -2.01. The summed E-state index contributed by atoms with van der Waals surface area (Å²) >= 11 is 1.79. The third-order valence-electron chi connectivity index (χ3n) is 9.86. The minimum Gasteiger partial charge on any atom is -0.456 e. The first kappa shape index (κ1) is 28.2. The summed E-state index contributed by atoms with van der Waals surface area (Å²) in [6.45, 7) is 0. The Kier molecular flexibility index (Phi) is 6.05. The first-order valence-electron chi connectivity index (χ1n) is 16.9. The van der Waals surface area contributed by atoms with Gasteiger partial charge in [0.05, 0.1) is 11.0 Å². The second kappa shape index (κ2) is 10.9. The highest BCUT2D eigenvalue weighted by atomic mass is 32.1. The van der Waals surface area contributed by atoms with Crippen molar-refractivity contribution in [3.63, 3.8) is 0 Å². The van der Waals surface area contributed by atoms with Crippen molar-refractivity contribution in [2.45, 2.75) is 0 Å². The monoisotopic (exact) mass is 670 g/mol. The Morgan fingerprint density at radius 1 is 0.431 bits per heavy atom. The van der Waals surface area contributed by atoms with Crippen molar-refractivity contribution < 1.29 is 4.42 Å². The number of furan rings is 1. The minimum atomic E-state index is 0.595. The van der Waals surface area contributed by atoms with Crippen LogP contribution in [-0.4, -0.2) is 19.5 Å². The van der Waals surface area contributed by atoms with Crippen LogP contribution in [0.1, 0.15) is 0 Å². The quantitative estimate of drug-likeness (QED) is 0.187. The van der Waals surface area contributed by atoms with E-state index in [9.17, 15) is 0 Å². The SMILES string of the molecule is c1ccc(-n2c3ccccc3c3ccc(-c4nc(-c5ccc6c(c5)oc5ccccc56)nc(-c5cccc6sc7ccccc7c56)n4)cc32)cc1. The number of hydrogen-bond acceptors (Lipinski definition) is 5. The summed E-state index contributed by atoms with van der Waals surface area (Å²) in [5.41, 5.74) is 7.79. The van der Waals surface area contributed by atoms with Gasteiger partial charge in [-0.1, -0.05) is 103 Å². The fourth-order valence-electron chi connectivity index (χ4n) is 7.55. The average molecular weight is 671 g/mol. The van der Waals surface area contributed by atoms with Crippen molar-refractivity contribution in [1.29, 1.82) is 0 Å². The molecule has 11 aromatic rings. The Hall–Kier alpha value is -6.63. The molecule has 0 N–H and O–H groups in total. The molecule has 0 saturated heterocycles. The fraction of sp³-hybridized carbons (Fsp3) is 0. The zero-order chi connectivity index (χ0) is 33.5. The van der Waals surface area contributed by atoms with Gasteiger partial charge in [0.25, 0.3) is 0 Å². The Morgan fingerprint density at radius 2 is 1.06 bits per heavy atom. The van der Waals surface area contributed by atoms with E-state index in [1.165, 1.54) is 25.6 Å². The number of nitrogens with zero attached hydrogens (tertiary/aromatic N) is 4. The maximum absolute atomic E-state index is 6.30. The van der Waals surface area contributed by atoms with Crippen LogP contribution in [0.5, 0.6) is 0 Å².